The lowest BCUT2D eigenvalue weighted by Gasteiger charge is -2.38. The molecular formula is C10H21NO. The van der Waals surface area contributed by atoms with Gasteiger partial charge in [-0.1, -0.05) is 6.92 Å². The quantitative estimate of drug-likeness (QED) is 0.627. The molecule has 0 bridgehead atoms. The SMILES string of the molecule is CO[C@@H]1CCN(C(C)C)C[C@@H]1C. The summed E-state index contributed by atoms with van der Waals surface area (Å²) in [6.45, 7) is 9.19. The Hall–Kier alpha value is -0.0800. The zero-order valence-corrected chi connectivity index (χ0v) is 8.71. The van der Waals surface area contributed by atoms with E-state index in [0.29, 0.717) is 18.1 Å². The van der Waals surface area contributed by atoms with E-state index in [2.05, 4.69) is 25.7 Å². The Balaban J connectivity index is 2.40. The van der Waals surface area contributed by atoms with E-state index in [0.717, 1.165) is 0 Å². The van der Waals surface area contributed by atoms with E-state index in [1.807, 2.05) is 7.11 Å². The third-order valence-corrected chi connectivity index (χ3v) is 2.89. The summed E-state index contributed by atoms with van der Waals surface area (Å²) in [5.41, 5.74) is 0. The molecule has 0 N–H and O–H groups in total. The van der Waals surface area contributed by atoms with Crippen molar-refractivity contribution in [1.82, 2.24) is 4.90 Å². The predicted molar refractivity (Wildman–Crippen MR) is 51.3 cm³/mol. The first-order chi connectivity index (χ1) is 5.65. The summed E-state index contributed by atoms with van der Waals surface area (Å²) < 4.78 is 5.40. The molecule has 1 fully saturated rings. The maximum atomic E-state index is 5.40. The highest BCUT2D eigenvalue weighted by Gasteiger charge is 2.26. The second-order valence-electron chi connectivity index (χ2n) is 4.13. The van der Waals surface area contributed by atoms with E-state index in [1.54, 1.807) is 0 Å². The summed E-state index contributed by atoms with van der Waals surface area (Å²) in [4.78, 5) is 2.53. The van der Waals surface area contributed by atoms with Crippen LogP contribution in [0.3, 0.4) is 0 Å². The number of ether oxygens (including phenoxy) is 1. The van der Waals surface area contributed by atoms with Crippen molar-refractivity contribution in [3.8, 4) is 0 Å². The van der Waals surface area contributed by atoms with Gasteiger partial charge >= 0.3 is 0 Å². The van der Waals surface area contributed by atoms with E-state index in [1.165, 1.54) is 19.5 Å². The van der Waals surface area contributed by atoms with Crippen molar-refractivity contribution in [3.05, 3.63) is 0 Å². The number of piperidine rings is 1. The van der Waals surface area contributed by atoms with Crippen LogP contribution in [0.1, 0.15) is 27.2 Å². The van der Waals surface area contributed by atoms with Crippen molar-refractivity contribution in [2.45, 2.75) is 39.3 Å². The van der Waals surface area contributed by atoms with Crippen molar-refractivity contribution >= 4 is 0 Å². The summed E-state index contributed by atoms with van der Waals surface area (Å²) in [6, 6.07) is 0.685. The first-order valence-corrected chi connectivity index (χ1v) is 4.92. The third kappa shape index (κ3) is 2.20. The van der Waals surface area contributed by atoms with Crippen LogP contribution in [0.4, 0.5) is 0 Å². The molecule has 0 radical (unpaired) electrons. The molecule has 72 valence electrons. The average Bonchev–Trinajstić information content (AvgIpc) is 2.04. The molecule has 0 aromatic carbocycles. The molecule has 0 aromatic rings. The average molecular weight is 171 g/mol. The highest BCUT2D eigenvalue weighted by atomic mass is 16.5. The topological polar surface area (TPSA) is 12.5 Å². The maximum Gasteiger partial charge on any atom is 0.0621 e. The van der Waals surface area contributed by atoms with Gasteiger partial charge in [-0.3, -0.25) is 0 Å². The Bertz CT molecular complexity index is 136. The second-order valence-corrected chi connectivity index (χ2v) is 4.13. The van der Waals surface area contributed by atoms with Gasteiger partial charge in [0.05, 0.1) is 6.10 Å². The molecule has 0 aromatic heterocycles. The van der Waals surface area contributed by atoms with Crippen LogP contribution in [0.5, 0.6) is 0 Å². The highest BCUT2D eigenvalue weighted by molar-refractivity contribution is 4.79. The fourth-order valence-corrected chi connectivity index (χ4v) is 1.98. The normalized spacial score (nSPS) is 32.8. The van der Waals surface area contributed by atoms with E-state index >= 15 is 0 Å². The maximum absolute atomic E-state index is 5.40. The summed E-state index contributed by atoms with van der Waals surface area (Å²) in [5, 5.41) is 0. The standard InChI is InChI=1S/C10H21NO/c1-8(2)11-6-5-10(12-4)9(3)7-11/h8-10H,5-7H2,1-4H3/t9-,10+/m0/s1. The van der Waals surface area contributed by atoms with E-state index in [-0.39, 0.29) is 0 Å². The third-order valence-electron chi connectivity index (χ3n) is 2.89. The Kier molecular flexibility index (Phi) is 3.53. The number of likely N-dealkylation sites (tertiary alicyclic amines) is 1. The second kappa shape index (κ2) is 4.24. The van der Waals surface area contributed by atoms with Gasteiger partial charge in [-0.25, -0.2) is 0 Å². The molecule has 2 heteroatoms. The molecule has 12 heavy (non-hydrogen) atoms. The minimum atomic E-state index is 0.486. The number of rotatable bonds is 2. The van der Waals surface area contributed by atoms with Crippen LogP contribution < -0.4 is 0 Å². The van der Waals surface area contributed by atoms with E-state index in [9.17, 15) is 0 Å². The number of methoxy groups -OCH3 is 1. The van der Waals surface area contributed by atoms with Crippen molar-refractivity contribution in [2.24, 2.45) is 5.92 Å². The van der Waals surface area contributed by atoms with Crippen LogP contribution in [0.25, 0.3) is 0 Å². The Morgan fingerprint density at radius 2 is 2.08 bits per heavy atom. The van der Waals surface area contributed by atoms with Crippen LogP contribution in [-0.4, -0.2) is 37.2 Å². The van der Waals surface area contributed by atoms with Crippen LogP contribution in [0, 0.1) is 5.92 Å². The summed E-state index contributed by atoms with van der Waals surface area (Å²) in [7, 11) is 1.83. The van der Waals surface area contributed by atoms with Gasteiger partial charge < -0.3 is 9.64 Å². The molecule has 1 rings (SSSR count). The molecule has 0 unspecified atom stereocenters. The first kappa shape index (κ1) is 10.0. The lowest BCUT2D eigenvalue weighted by atomic mass is 9.95. The molecule has 2 nitrogen and oxygen atoms in total. The van der Waals surface area contributed by atoms with Gasteiger partial charge in [-0.05, 0) is 26.2 Å². The minimum absolute atomic E-state index is 0.486. The summed E-state index contributed by atoms with van der Waals surface area (Å²) in [5.74, 6) is 0.686. The van der Waals surface area contributed by atoms with Crippen LogP contribution in [0.15, 0.2) is 0 Å². The lowest BCUT2D eigenvalue weighted by molar-refractivity contribution is -0.00768. The smallest absolute Gasteiger partial charge is 0.0621 e. The summed E-state index contributed by atoms with van der Waals surface area (Å²) >= 11 is 0. The first-order valence-electron chi connectivity index (χ1n) is 4.92. The fourth-order valence-electron chi connectivity index (χ4n) is 1.98. The highest BCUT2D eigenvalue weighted by Crippen LogP contribution is 2.20. The number of nitrogens with zero attached hydrogens (tertiary/aromatic N) is 1. The van der Waals surface area contributed by atoms with E-state index in [4.69, 9.17) is 4.74 Å². The fraction of sp³-hybridized carbons (Fsp3) is 1.00. The minimum Gasteiger partial charge on any atom is -0.381 e. The van der Waals surface area contributed by atoms with Crippen LogP contribution >= 0.6 is 0 Å². The van der Waals surface area contributed by atoms with Gasteiger partial charge in [0.25, 0.3) is 0 Å². The van der Waals surface area contributed by atoms with Crippen molar-refractivity contribution in [1.29, 1.82) is 0 Å². The van der Waals surface area contributed by atoms with Crippen molar-refractivity contribution < 1.29 is 4.74 Å². The Morgan fingerprint density at radius 1 is 1.42 bits per heavy atom. The van der Waals surface area contributed by atoms with Gasteiger partial charge in [0, 0.05) is 26.2 Å². The zero-order chi connectivity index (χ0) is 9.14. The van der Waals surface area contributed by atoms with E-state index < -0.39 is 0 Å². The molecule has 1 saturated heterocycles. The largest absolute Gasteiger partial charge is 0.381 e. The van der Waals surface area contributed by atoms with Crippen LogP contribution in [-0.2, 0) is 4.74 Å². The van der Waals surface area contributed by atoms with Gasteiger partial charge in [0.1, 0.15) is 0 Å². The molecule has 0 saturated carbocycles. The lowest BCUT2D eigenvalue weighted by Crippen LogP contribution is -2.45. The van der Waals surface area contributed by atoms with Gasteiger partial charge in [-0.15, -0.1) is 0 Å². The molecule has 2 atom stereocenters. The molecular weight excluding hydrogens is 150 g/mol. The van der Waals surface area contributed by atoms with Gasteiger partial charge in [0.2, 0.25) is 0 Å². The Labute approximate surface area is 75.9 Å². The number of hydrogen-bond acceptors (Lipinski definition) is 2. The van der Waals surface area contributed by atoms with Crippen molar-refractivity contribution in [2.75, 3.05) is 20.2 Å². The van der Waals surface area contributed by atoms with Gasteiger partial charge in [-0.2, -0.15) is 0 Å². The summed E-state index contributed by atoms with van der Waals surface area (Å²) in [6.07, 6.45) is 1.68. The molecule has 1 aliphatic rings. The molecule has 1 aliphatic heterocycles. The molecule has 0 amide bonds. The van der Waals surface area contributed by atoms with Crippen LogP contribution in [0.2, 0.25) is 0 Å². The monoisotopic (exact) mass is 171 g/mol. The molecule has 0 aliphatic carbocycles. The number of hydrogen-bond donors (Lipinski definition) is 0. The van der Waals surface area contributed by atoms with Gasteiger partial charge in [0.15, 0.2) is 0 Å². The molecule has 0 spiro atoms. The van der Waals surface area contributed by atoms with Crippen molar-refractivity contribution in [3.63, 3.8) is 0 Å². The molecule has 1 heterocycles. The Morgan fingerprint density at radius 3 is 2.50 bits per heavy atom. The zero-order valence-electron chi connectivity index (χ0n) is 8.71. The predicted octanol–water partition coefficient (Wildman–Crippen LogP) is 1.75.